The second kappa shape index (κ2) is 6.60. The predicted octanol–water partition coefficient (Wildman–Crippen LogP) is 2.93. The molecule has 1 aliphatic rings. The van der Waals surface area contributed by atoms with Gasteiger partial charge in [0.25, 0.3) is 11.6 Å². The number of carbonyl (C=O) groups is 1. The standard InChI is InChI=1S/C13H14Cl2N2O4/c14-8-5-7(6-10(12(8)15)17(20)21)13(19)16-9-3-1-2-4-11(9)18/h5-6,9,11,18H,1-4H2,(H,16,19). The van der Waals surface area contributed by atoms with Crippen LogP contribution in [0.1, 0.15) is 36.0 Å². The molecule has 0 saturated heterocycles. The summed E-state index contributed by atoms with van der Waals surface area (Å²) < 4.78 is 0. The second-order valence-corrected chi connectivity index (χ2v) is 5.77. The van der Waals surface area contributed by atoms with Crippen molar-refractivity contribution >= 4 is 34.8 Å². The Morgan fingerprint density at radius 3 is 2.62 bits per heavy atom. The molecule has 6 nitrogen and oxygen atoms in total. The van der Waals surface area contributed by atoms with E-state index in [1.165, 1.54) is 6.07 Å². The summed E-state index contributed by atoms with van der Waals surface area (Å²) in [5.74, 6) is -0.511. The van der Waals surface area contributed by atoms with Crippen molar-refractivity contribution in [1.29, 1.82) is 0 Å². The number of rotatable bonds is 3. The molecule has 1 aliphatic carbocycles. The molecule has 2 rings (SSSR count). The van der Waals surface area contributed by atoms with Gasteiger partial charge in [-0.2, -0.15) is 0 Å². The number of hydrogen-bond donors (Lipinski definition) is 2. The van der Waals surface area contributed by atoms with Crippen molar-refractivity contribution in [2.75, 3.05) is 0 Å². The fourth-order valence-corrected chi connectivity index (χ4v) is 2.76. The van der Waals surface area contributed by atoms with E-state index < -0.39 is 22.6 Å². The van der Waals surface area contributed by atoms with Gasteiger partial charge in [-0.1, -0.05) is 36.0 Å². The van der Waals surface area contributed by atoms with E-state index >= 15 is 0 Å². The fraction of sp³-hybridized carbons (Fsp3) is 0.462. The molecule has 0 bridgehead atoms. The molecule has 1 aromatic rings. The van der Waals surface area contributed by atoms with E-state index in [-0.39, 0.29) is 21.7 Å². The van der Waals surface area contributed by atoms with Gasteiger partial charge >= 0.3 is 0 Å². The topological polar surface area (TPSA) is 92.5 Å². The lowest BCUT2D eigenvalue weighted by Gasteiger charge is -2.28. The van der Waals surface area contributed by atoms with Crippen LogP contribution in [0.15, 0.2) is 12.1 Å². The van der Waals surface area contributed by atoms with Crippen LogP contribution in [0.25, 0.3) is 0 Å². The molecule has 1 amide bonds. The van der Waals surface area contributed by atoms with Crippen LogP contribution in [0.5, 0.6) is 0 Å². The van der Waals surface area contributed by atoms with Crippen LogP contribution in [0, 0.1) is 10.1 Å². The monoisotopic (exact) mass is 332 g/mol. The summed E-state index contributed by atoms with van der Waals surface area (Å²) in [6.45, 7) is 0. The number of nitrogens with zero attached hydrogens (tertiary/aromatic N) is 1. The summed E-state index contributed by atoms with van der Waals surface area (Å²) in [6.07, 6.45) is 2.55. The highest BCUT2D eigenvalue weighted by atomic mass is 35.5. The number of aliphatic hydroxyl groups is 1. The maximum atomic E-state index is 12.2. The van der Waals surface area contributed by atoms with Gasteiger partial charge in [-0.05, 0) is 18.9 Å². The van der Waals surface area contributed by atoms with E-state index in [0.717, 1.165) is 18.9 Å². The Hall–Kier alpha value is -1.37. The fourth-order valence-electron chi connectivity index (χ4n) is 2.37. The maximum Gasteiger partial charge on any atom is 0.290 e. The number of nitro benzene ring substituents is 1. The lowest BCUT2D eigenvalue weighted by atomic mass is 9.92. The molecule has 2 atom stereocenters. The van der Waals surface area contributed by atoms with Gasteiger partial charge < -0.3 is 10.4 Å². The van der Waals surface area contributed by atoms with E-state index in [4.69, 9.17) is 23.2 Å². The Bertz CT molecular complexity index is 580. The van der Waals surface area contributed by atoms with Crippen molar-refractivity contribution in [2.45, 2.75) is 37.8 Å². The molecule has 114 valence electrons. The summed E-state index contributed by atoms with van der Waals surface area (Å²) >= 11 is 11.5. The third-order valence-electron chi connectivity index (χ3n) is 3.51. The summed E-state index contributed by atoms with van der Waals surface area (Å²) in [5.41, 5.74) is -0.368. The SMILES string of the molecule is O=C(NC1CCCCC1O)c1cc(Cl)c(Cl)c([N+](=O)[O-])c1. The summed E-state index contributed by atoms with van der Waals surface area (Å²) in [4.78, 5) is 22.3. The van der Waals surface area contributed by atoms with Crippen molar-refractivity contribution in [3.8, 4) is 0 Å². The van der Waals surface area contributed by atoms with Crippen LogP contribution in [-0.2, 0) is 0 Å². The normalized spacial score (nSPS) is 21.9. The first kappa shape index (κ1) is 16.0. The molecule has 0 spiro atoms. The molecule has 21 heavy (non-hydrogen) atoms. The highest BCUT2D eigenvalue weighted by Crippen LogP contribution is 2.33. The van der Waals surface area contributed by atoms with Crippen molar-refractivity contribution in [1.82, 2.24) is 5.32 Å². The lowest BCUT2D eigenvalue weighted by molar-refractivity contribution is -0.384. The zero-order valence-electron chi connectivity index (χ0n) is 11.0. The van der Waals surface area contributed by atoms with Crippen LogP contribution in [0.4, 0.5) is 5.69 Å². The highest BCUT2D eigenvalue weighted by Gasteiger charge is 2.26. The summed E-state index contributed by atoms with van der Waals surface area (Å²) in [6, 6.07) is 2.01. The van der Waals surface area contributed by atoms with Gasteiger partial charge in [0.15, 0.2) is 0 Å². The van der Waals surface area contributed by atoms with Crippen molar-refractivity contribution in [3.05, 3.63) is 37.9 Å². The third kappa shape index (κ3) is 3.64. The first-order valence-corrected chi connectivity index (χ1v) is 7.28. The third-order valence-corrected chi connectivity index (χ3v) is 4.31. The Balaban J connectivity index is 2.21. The largest absolute Gasteiger partial charge is 0.391 e. The molecule has 0 aliphatic heterocycles. The number of carbonyl (C=O) groups excluding carboxylic acids is 1. The summed E-state index contributed by atoms with van der Waals surface area (Å²) in [7, 11) is 0. The van der Waals surface area contributed by atoms with Gasteiger partial charge in [0, 0.05) is 11.6 Å². The molecular weight excluding hydrogens is 319 g/mol. The van der Waals surface area contributed by atoms with E-state index in [0.29, 0.717) is 12.8 Å². The number of aliphatic hydroxyl groups excluding tert-OH is 1. The van der Waals surface area contributed by atoms with Crippen LogP contribution >= 0.6 is 23.2 Å². The molecule has 0 aromatic heterocycles. The number of nitrogens with one attached hydrogen (secondary N) is 1. The molecule has 0 heterocycles. The van der Waals surface area contributed by atoms with Crippen LogP contribution in [0.3, 0.4) is 0 Å². The molecule has 1 saturated carbocycles. The maximum absolute atomic E-state index is 12.2. The Morgan fingerprint density at radius 1 is 1.33 bits per heavy atom. The molecule has 0 radical (unpaired) electrons. The number of halogens is 2. The number of benzene rings is 1. The minimum Gasteiger partial charge on any atom is -0.391 e. The Labute approximate surface area is 131 Å². The smallest absolute Gasteiger partial charge is 0.290 e. The van der Waals surface area contributed by atoms with Crippen molar-refractivity contribution < 1.29 is 14.8 Å². The molecule has 1 aromatic carbocycles. The van der Waals surface area contributed by atoms with Gasteiger partial charge in [-0.3, -0.25) is 14.9 Å². The molecule has 8 heteroatoms. The molecule has 1 fully saturated rings. The lowest BCUT2D eigenvalue weighted by Crippen LogP contribution is -2.45. The quantitative estimate of drug-likeness (QED) is 0.657. The van der Waals surface area contributed by atoms with Gasteiger partial charge in [-0.15, -0.1) is 0 Å². The molecular formula is C13H14Cl2N2O4. The first-order chi connectivity index (χ1) is 9.90. The van der Waals surface area contributed by atoms with Crippen molar-refractivity contribution in [2.24, 2.45) is 0 Å². The predicted molar refractivity (Wildman–Crippen MR) is 78.8 cm³/mol. The highest BCUT2D eigenvalue weighted by molar-refractivity contribution is 6.43. The summed E-state index contributed by atoms with van der Waals surface area (Å²) in [5, 5.41) is 23.1. The van der Waals surface area contributed by atoms with Gasteiger partial charge in [0.1, 0.15) is 5.02 Å². The average Bonchev–Trinajstić information content (AvgIpc) is 2.43. The average molecular weight is 333 g/mol. The Kier molecular flexibility index (Phi) is 5.03. The molecule has 2 unspecified atom stereocenters. The zero-order chi connectivity index (χ0) is 15.6. The minimum atomic E-state index is -0.694. The van der Waals surface area contributed by atoms with Crippen LogP contribution in [0.2, 0.25) is 10.0 Å². The van der Waals surface area contributed by atoms with Gasteiger partial charge in [0.05, 0.1) is 22.1 Å². The van der Waals surface area contributed by atoms with Crippen LogP contribution in [-0.4, -0.2) is 28.1 Å². The van der Waals surface area contributed by atoms with Gasteiger partial charge in [0.2, 0.25) is 0 Å². The van der Waals surface area contributed by atoms with Gasteiger partial charge in [-0.25, -0.2) is 0 Å². The van der Waals surface area contributed by atoms with Crippen LogP contribution < -0.4 is 5.32 Å². The van der Waals surface area contributed by atoms with E-state index in [1.54, 1.807) is 0 Å². The number of amides is 1. The number of nitro groups is 1. The molecule has 2 N–H and O–H groups in total. The minimum absolute atomic E-state index is 0.0499. The van der Waals surface area contributed by atoms with E-state index in [1.807, 2.05) is 0 Å². The number of hydrogen-bond acceptors (Lipinski definition) is 4. The first-order valence-electron chi connectivity index (χ1n) is 6.52. The second-order valence-electron chi connectivity index (χ2n) is 4.98. The van der Waals surface area contributed by atoms with E-state index in [2.05, 4.69) is 5.32 Å². The Morgan fingerprint density at radius 2 is 2.00 bits per heavy atom. The van der Waals surface area contributed by atoms with Crippen molar-refractivity contribution in [3.63, 3.8) is 0 Å². The van der Waals surface area contributed by atoms with E-state index in [9.17, 15) is 20.0 Å². The zero-order valence-corrected chi connectivity index (χ0v) is 12.5.